The standard InChI is InChI=1S/C15H15BrN4O/c1-11(19-14-6-2-5-13(16)8-14)15(21)20-18-10-12-4-3-7-17-9-12/h2-11,19H,1H3,(H,20,21)/b18-10-/t11-/m1/s1. The number of hydrogen-bond acceptors (Lipinski definition) is 4. The molecule has 108 valence electrons. The highest BCUT2D eigenvalue weighted by molar-refractivity contribution is 9.10. The van der Waals surface area contributed by atoms with Gasteiger partial charge in [-0.2, -0.15) is 5.10 Å². The van der Waals surface area contributed by atoms with Crippen molar-refractivity contribution in [3.8, 4) is 0 Å². The van der Waals surface area contributed by atoms with E-state index in [-0.39, 0.29) is 5.91 Å². The lowest BCUT2D eigenvalue weighted by molar-refractivity contribution is -0.121. The van der Waals surface area contributed by atoms with Gasteiger partial charge in [0.15, 0.2) is 0 Å². The van der Waals surface area contributed by atoms with Gasteiger partial charge in [0.1, 0.15) is 6.04 Å². The summed E-state index contributed by atoms with van der Waals surface area (Å²) in [6.07, 6.45) is 4.90. The van der Waals surface area contributed by atoms with Gasteiger partial charge in [-0.05, 0) is 31.2 Å². The van der Waals surface area contributed by atoms with E-state index >= 15 is 0 Å². The van der Waals surface area contributed by atoms with Crippen LogP contribution in [0.3, 0.4) is 0 Å². The van der Waals surface area contributed by atoms with E-state index in [1.54, 1.807) is 31.6 Å². The molecule has 0 fully saturated rings. The molecule has 0 radical (unpaired) electrons. The van der Waals surface area contributed by atoms with E-state index < -0.39 is 6.04 Å². The maximum atomic E-state index is 11.9. The van der Waals surface area contributed by atoms with Gasteiger partial charge in [0, 0.05) is 28.1 Å². The fourth-order valence-electron chi connectivity index (χ4n) is 1.61. The van der Waals surface area contributed by atoms with Crippen LogP contribution in [0.1, 0.15) is 12.5 Å². The predicted octanol–water partition coefficient (Wildman–Crippen LogP) is 2.79. The maximum absolute atomic E-state index is 11.9. The number of pyridine rings is 1. The van der Waals surface area contributed by atoms with E-state index in [1.165, 1.54) is 0 Å². The lowest BCUT2D eigenvalue weighted by Gasteiger charge is -2.13. The lowest BCUT2D eigenvalue weighted by atomic mass is 10.2. The minimum atomic E-state index is -0.398. The second-order valence-corrected chi connectivity index (χ2v) is 5.31. The van der Waals surface area contributed by atoms with Crippen molar-refractivity contribution in [2.75, 3.05) is 5.32 Å². The van der Waals surface area contributed by atoms with Crippen LogP contribution in [0.15, 0.2) is 58.4 Å². The number of amides is 1. The molecule has 6 heteroatoms. The van der Waals surface area contributed by atoms with E-state index in [9.17, 15) is 4.79 Å². The number of rotatable bonds is 5. The van der Waals surface area contributed by atoms with Gasteiger partial charge in [0.25, 0.3) is 5.91 Å². The maximum Gasteiger partial charge on any atom is 0.262 e. The first-order valence-corrected chi connectivity index (χ1v) is 7.19. The number of carbonyl (C=O) groups is 1. The Morgan fingerprint density at radius 3 is 2.95 bits per heavy atom. The molecule has 0 unspecified atom stereocenters. The van der Waals surface area contributed by atoms with E-state index in [0.717, 1.165) is 15.7 Å². The van der Waals surface area contributed by atoms with Crippen LogP contribution in [0.4, 0.5) is 5.69 Å². The number of carbonyl (C=O) groups excluding carboxylic acids is 1. The number of benzene rings is 1. The zero-order valence-corrected chi connectivity index (χ0v) is 13.0. The minimum absolute atomic E-state index is 0.213. The van der Waals surface area contributed by atoms with Crippen LogP contribution in [0.2, 0.25) is 0 Å². The zero-order valence-electron chi connectivity index (χ0n) is 11.5. The second-order valence-electron chi connectivity index (χ2n) is 4.40. The summed E-state index contributed by atoms with van der Waals surface area (Å²) in [6, 6.07) is 10.9. The number of aromatic nitrogens is 1. The highest BCUT2D eigenvalue weighted by atomic mass is 79.9. The van der Waals surface area contributed by atoms with Gasteiger partial charge < -0.3 is 5.32 Å². The van der Waals surface area contributed by atoms with Crippen molar-refractivity contribution in [2.24, 2.45) is 5.10 Å². The van der Waals surface area contributed by atoms with Gasteiger partial charge in [-0.1, -0.05) is 28.1 Å². The largest absolute Gasteiger partial charge is 0.374 e. The van der Waals surface area contributed by atoms with E-state index in [1.807, 2.05) is 30.3 Å². The summed E-state index contributed by atoms with van der Waals surface area (Å²) in [5, 5.41) is 7.01. The Morgan fingerprint density at radius 2 is 2.24 bits per heavy atom. The molecule has 0 aliphatic rings. The highest BCUT2D eigenvalue weighted by Crippen LogP contribution is 2.16. The van der Waals surface area contributed by atoms with Crippen molar-refractivity contribution >= 4 is 33.7 Å². The molecule has 21 heavy (non-hydrogen) atoms. The Morgan fingerprint density at radius 1 is 1.38 bits per heavy atom. The number of hydrogen-bond donors (Lipinski definition) is 2. The number of hydrazone groups is 1. The van der Waals surface area contributed by atoms with Crippen LogP contribution >= 0.6 is 15.9 Å². The van der Waals surface area contributed by atoms with Crippen molar-refractivity contribution in [2.45, 2.75) is 13.0 Å². The Kier molecular flexibility index (Phi) is 5.45. The third kappa shape index (κ3) is 5.00. The molecule has 1 atom stereocenters. The third-order valence-electron chi connectivity index (χ3n) is 2.67. The molecule has 1 heterocycles. The SMILES string of the molecule is C[C@@H](Nc1cccc(Br)c1)C(=O)N/N=C\c1cccnc1. The number of nitrogens with one attached hydrogen (secondary N) is 2. The fraction of sp³-hybridized carbons (Fsp3) is 0.133. The third-order valence-corrected chi connectivity index (χ3v) is 3.17. The first-order valence-electron chi connectivity index (χ1n) is 6.40. The van der Waals surface area contributed by atoms with Crippen LogP contribution in [0.25, 0.3) is 0 Å². The average Bonchev–Trinajstić information content (AvgIpc) is 2.48. The monoisotopic (exact) mass is 346 g/mol. The van der Waals surface area contributed by atoms with E-state index in [4.69, 9.17) is 0 Å². The minimum Gasteiger partial charge on any atom is -0.374 e. The zero-order chi connectivity index (χ0) is 15.1. The Labute approximate surface area is 131 Å². The lowest BCUT2D eigenvalue weighted by Crippen LogP contribution is -2.34. The average molecular weight is 347 g/mol. The molecule has 0 bridgehead atoms. The van der Waals surface area contributed by atoms with Gasteiger partial charge >= 0.3 is 0 Å². The normalized spacial score (nSPS) is 12.1. The smallest absolute Gasteiger partial charge is 0.262 e. The Bertz CT molecular complexity index is 631. The molecule has 2 aromatic rings. The van der Waals surface area contributed by atoms with Gasteiger partial charge in [0.05, 0.1) is 6.21 Å². The molecule has 0 saturated heterocycles. The van der Waals surface area contributed by atoms with Crippen molar-refractivity contribution in [3.05, 3.63) is 58.8 Å². The van der Waals surface area contributed by atoms with Crippen molar-refractivity contribution in [1.82, 2.24) is 10.4 Å². The van der Waals surface area contributed by atoms with E-state index in [2.05, 4.69) is 36.8 Å². The van der Waals surface area contributed by atoms with Crippen LogP contribution in [0.5, 0.6) is 0 Å². The van der Waals surface area contributed by atoms with Crippen LogP contribution in [-0.4, -0.2) is 23.1 Å². The molecule has 2 rings (SSSR count). The number of anilines is 1. The molecule has 1 aromatic carbocycles. The molecule has 1 aromatic heterocycles. The molecule has 0 aliphatic carbocycles. The summed E-state index contributed by atoms with van der Waals surface area (Å²) in [5.74, 6) is -0.213. The van der Waals surface area contributed by atoms with E-state index in [0.29, 0.717) is 0 Å². The van der Waals surface area contributed by atoms with Gasteiger partial charge in [-0.25, -0.2) is 5.43 Å². The fourth-order valence-corrected chi connectivity index (χ4v) is 2.01. The van der Waals surface area contributed by atoms with Crippen molar-refractivity contribution in [3.63, 3.8) is 0 Å². The molecule has 5 nitrogen and oxygen atoms in total. The van der Waals surface area contributed by atoms with Gasteiger partial charge in [-0.15, -0.1) is 0 Å². The quantitative estimate of drug-likeness (QED) is 0.646. The van der Waals surface area contributed by atoms with Gasteiger partial charge in [-0.3, -0.25) is 9.78 Å². The second kappa shape index (κ2) is 7.54. The first kappa shape index (κ1) is 15.2. The summed E-state index contributed by atoms with van der Waals surface area (Å²) in [6.45, 7) is 1.77. The molecule has 0 aliphatic heterocycles. The first-order chi connectivity index (χ1) is 10.1. The van der Waals surface area contributed by atoms with Crippen molar-refractivity contribution in [1.29, 1.82) is 0 Å². The molecule has 2 N–H and O–H groups in total. The molecular formula is C15H15BrN4O. The predicted molar refractivity (Wildman–Crippen MR) is 87.2 cm³/mol. The molecule has 0 saturated carbocycles. The van der Waals surface area contributed by atoms with Crippen molar-refractivity contribution < 1.29 is 4.79 Å². The van der Waals surface area contributed by atoms with Crippen LogP contribution in [0, 0.1) is 0 Å². The summed E-state index contributed by atoms with van der Waals surface area (Å²) in [5.41, 5.74) is 4.18. The summed E-state index contributed by atoms with van der Waals surface area (Å²) in [4.78, 5) is 15.9. The summed E-state index contributed by atoms with van der Waals surface area (Å²) < 4.78 is 0.953. The van der Waals surface area contributed by atoms with Crippen LogP contribution < -0.4 is 10.7 Å². The molecule has 1 amide bonds. The molecular weight excluding hydrogens is 332 g/mol. The summed E-state index contributed by atoms with van der Waals surface area (Å²) in [7, 11) is 0. The van der Waals surface area contributed by atoms with Gasteiger partial charge in [0.2, 0.25) is 0 Å². The Hall–Kier alpha value is -2.21. The Balaban J connectivity index is 1.87. The molecule has 0 spiro atoms. The van der Waals surface area contributed by atoms with Crippen LogP contribution in [-0.2, 0) is 4.79 Å². The number of nitrogens with zero attached hydrogens (tertiary/aromatic N) is 2. The number of halogens is 1. The topological polar surface area (TPSA) is 66.4 Å². The summed E-state index contributed by atoms with van der Waals surface area (Å²) >= 11 is 3.39. The highest BCUT2D eigenvalue weighted by Gasteiger charge is 2.11.